The fraction of sp³-hybridized carbons (Fsp3) is 0.250. The van der Waals surface area contributed by atoms with Gasteiger partial charge in [0, 0.05) is 23.7 Å². The number of aromatic nitrogens is 3. The van der Waals surface area contributed by atoms with Crippen LogP contribution in [0.2, 0.25) is 5.02 Å². The zero-order valence-corrected chi connectivity index (χ0v) is 10.3. The zero-order valence-electron chi connectivity index (χ0n) is 9.55. The quantitative estimate of drug-likeness (QED) is 0.889. The van der Waals surface area contributed by atoms with E-state index in [2.05, 4.69) is 15.0 Å². The molecule has 2 aromatic rings. The van der Waals surface area contributed by atoms with E-state index in [4.69, 9.17) is 11.6 Å². The van der Waals surface area contributed by atoms with Crippen LogP contribution in [0.15, 0.2) is 24.5 Å². The lowest BCUT2D eigenvalue weighted by Gasteiger charge is -2.08. The Morgan fingerprint density at radius 1 is 1.24 bits per heavy atom. The maximum absolute atomic E-state index is 9.49. The Hall–Kier alpha value is -1.52. The number of rotatable bonds is 2. The molecule has 0 aromatic carbocycles. The van der Waals surface area contributed by atoms with Gasteiger partial charge in [0.25, 0.3) is 0 Å². The predicted molar refractivity (Wildman–Crippen MR) is 65.6 cm³/mol. The van der Waals surface area contributed by atoms with Gasteiger partial charge in [-0.3, -0.25) is 4.98 Å². The summed E-state index contributed by atoms with van der Waals surface area (Å²) in [5.41, 5.74) is 2.14. The minimum absolute atomic E-state index is 0.531. The Morgan fingerprint density at radius 3 is 2.53 bits per heavy atom. The Balaban J connectivity index is 2.41. The van der Waals surface area contributed by atoms with Crippen molar-refractivity contribution in [2.24, 2.45) is 0 Å². The normalized spacial score (nSPS) is 12.5. The fourth-order valence-electron chi connectivity index (χ4n) is 1.52. The van der Waals surface area contributed by atoms with Crippen molar-refractivity contribution in [1.82, 2.24) is 15.0 Å². The third-order valence-electron chi connectivity index (χ3n) is 2.42. The zero-order chi connectivity index (χ0) is 12.4. The van der Waals surface area contributed by atoms with Gasteiger partial charge in [-0.2, -0.15) is 0 Å². The molecule has 0 aliphatic rings. The Kier molecular flexibility index (Phi) is 3.36. The lowest BCUT2D eigenvalue weighted by atomic mass is 10.1. The molecule has 0 saturated carbocycles. The first-order valence-corrected chi connectivity index (χ1v) is 5.59. The van der Waals surface area contributed by atoms with E-state index in [1.54, 1.807) is 31.5 Å². The molecule has 1 N–H and O–H groups in total. The first-order chi connectivity index (χ1) is 8.08. The van der Waals surface area contributed by atoms with E-state index in [-0.39, 0.29) is 0 Å². The fourth-order valence-corrected chi connectivity index (χ4v) is 1.63. The van der Waals surface area contributed by atoms with Crippen molar-refractivity contribution in [3.63, 3.8) is 0 Å². The van der Waals surface area contributed by atoms with Gasteiger partial charge in [-0.1, -0.05) is 11.6 Å². The van der Waals surface area contributed by atoms with Gasteiger partial charge in [-0.05, 0) is 26.0 Å². The molecule has 2 rings (SSSR count). The van der Waals surface area contributed by atoms with Crippen LogP contribution in [0, 0.1) is 6.92 Å². The monoisotopic (exact) mass is 249 g/mol. The van der Waals surface area contributed by atoms with Crippen molar-refractivity contribution in [3.8, 4) is 11.5 Å². The summed E-state index contributed by atoms with van der Waals surface area (Å²) in [4.78, 5) is 12.6. The first kappa shape index (κ1) is 12.0. The summed E-state index contributed by atoms with van der Waals surface area (Å²) in [7, 11) is 0. The molecular formula is C12H12ClN3O. The molecule has 1 atom stereocenters. The highest BCUT2D eigenvalue weighted by Gasteiger charge is 2.09. The Labute approximate surface area is 104 Å². The van der Waals surface area contributed by atoms with Gasteiger partial charge in [-0.15, -0.1) is 0 Å². The smallest absolute Gasteiger partial charge is 0.178 e. The first-order valence-electron chi connectivity index (χ1n) is 5.21. The summed E-state index contributed by atoms with van der Waals surface area (Å²) < 4.78 is 0. The van der Waals surface area contributed by atoms with Gasteiger partial charge in [-0.25, -0.2) is 9.97 Å². The maximum atomic E-state index is 9.49. The van der Waals surface area contributed by atoms with E-state index in [0.717, 1.165) is 11.3 Å². The highest BCUT2D eigenvalue weighted by Crippen LogP contribution is 2.19. The van der Waals surface area contributed by atoms with Crippen LogP contribution in [-0.4, -0.2) is 20.1 Å². The molecule has 88 valence electrons. The number of aliphatic hydroxyl groups is 1. The molecular weight excluding hydrogens is 238 g/mol. The average Bonchev–Trinajstić information content (AvgIpc) is 2.29. The molecule has 0 fully saturated rings. The number of hydrogen-bond acceptors (Lipinski definition) is 4. The number of aliphatic hydroxyl groups excluding tert-OH is 1. The summed E-state index contributed by atoms with van der Waals surface area (Å²) in [6.07, 6.45) is 2.61. The van der Waals surface area contributed by atoms with Crippen LogP contribution in [-0.2, 0) is 0 Å². The van der Waals surface area contributed by atoms with Gasteiger partial charge in [0.05, 0.1) is 11.1 Å². The lowest BCUT2D eigenvalue weighted by molar-refractivity contribution is 0.197. The number of hydrogen-bond donors (Lipinski definition) is 1. The molecule has 0 aliphatic carbocycles. The van der Waals surface area contributed by atoms with Crippen molar-refractivity contribution < 1.29 is 5.11 Å². The van der Waals surface area contributed by atoms with E-state index in [0.29, 0.717) is 16.5 Å². The summed E-state index contributed by atoms with van der Waals surface area (Å²) >= 11 is 5.76. The molecule has 5 heteroatoms. The van der Waals surface area contributed by atoms with Crippen LogP contribution in [0.1, 0.15) is 24.3 Å². The third-order valence-corrected chi connectivity index (χ3v) is 2.65. The second-order valence-corrected chi connectivity index (χ2v) is 4.21. The predicted octanol–water partition coefficient (Wildman–Crippen LogP) is 2.55. The highest BCUT2D eigenvalue weighted by molar-refractivity contribution is 6.30. The summed E-state index contributed by atoms with van der Waals surface area (Å²) in [5.74, 6) is 0.531. The molecule has 2 heterocycles. The van der Waals surface area contributed by atoms with E-state index in [1.165, 1.54) is 0 Å². The topological polar surface area (TPSA) is 58.9 Å². The van der Waals surface area contributed by atoms with E-state index >= 15 is 0 Å². The van der Waals surface area contributed by atoms with Gasteiger partial charge in [0.2, 0.25) is 0 Å². The van der Waals surface area contributed by atoms with Crippen LogP contribution < -0.4 is 0 Å². The van der Waals surface area contributed by atoms with Crippen LogP contribution >= 0.6 is 11.6 Å². The molecule has 17 heavy (non-hydrogen) atoms. The van der Waals surface area contributed by atoms with Crippen LogP contribution in [0.25, 0.3) is 11.5 Å². The van der Waals surface area contributed by atoms with Crippen LogP contribution in [0.4, 0.5) is 0 Å². The van der Waals surface area contributed by atoms with Crippen molar-refractivity contribution in [1.29, 1.82) is 0 Å². The molecule has 0 radical (unpaired) electrons. The molecule has 0 amide bonds. The van der Waals surface area contributed by atoms with E-state index in [9.17, 15) is 5.11 Å². The second kappa shape index (κ2) is 4.77. The van der Waals surface area contributed by atoms with Crippen LogP contribution in [0.5, 0.6) is 0 Å². The Morgan fingerprint density at radius 2 is 2.00 bits per heavy atom. The van der Waals surface area contributed by atoms with Gasteiger partial charge >= 0.3 is 0 Å². The molecule has 0 unspecified atom stereocenters. The SMILES string of the molecule is Cc1nc(-c2ccc(Cl)cn2)ncc1[C@@H](C)O. The average molecular weight is 250 g/mol. The number of aryl methyl sites for hydroxylation is 1. The standard InChI is InChI=1S/C12H12ClN3O/c1-7-10(8(2)17)6-15-12(16-7)11-4-3-9(13)5-14-11/h3-6,8,17H,1-2H3/t8-/m1/s1. The van der Waals surface area contributed by atoms with Crippen molar-refractivity contribution >= 4 is 11.6 Å². The third kappa shape index (κ3) is 2.60. The lowest BCUT2D eigenvalue weighted by Crippen LogP contribution is -2.01. The van der Waals surface area contributed by atoms with Crippen molar-refractivity contribution in [2.75, 3.05) is 0 Å². The van der Waals surface area contributed by atoms with Crippen molar-refractivity contribution in [2.45, 2.75) is 20.0 Å². The highest BCUT2D eigenvalue weighted by atomic mass is 35.5. The minimum atomic E-state index is -0.567. The molecule has 0 aliphatic heterocycles. The minimum Gasteiger partial charge on any atom is -0.389 e. The van der Waals surface area contributed by atoms with Crippen molar-refractivity contribution in [3.05, 3.63) is 40.8 Å². The number of nitrogens with zero attached hydrogens (tertiary/aromatic N) is 3. The van der Waals surface area contributed by atoms with Gasteiger partial charge in [0.15, 0.2) is 5.82 Å². The van der Waals surface area contributed by atoms with E-state index in [1.807, 2.05) is 6.92 Å². The molecule has 0 bridgehead atoms. The van der Waals surface area contributed by atoms with E-state index < -0.39 is 6.10 Å². The second-order valence-electron chi connectivity index (χ2n) is 3.77. The van der Waals surface area contributed by atoms with Gasteiger partial charge < -0.3 is 5.11 Å². The summed E-state index contributed by atoms with van der Waals surface area (Å²) in [6, 6.07) is 3.50. The molecule has 4 nitrogen and oxygen atoms in total. The number of halogens is 1. The molecule has 2 aromatic heterocycles. The number of pyridine rings is 1. The summed E-state index contributed by atoms with van der Waals surface area (Å²) in [5, 5.41) is 10.1. The van der Waals surface area contributed by atoms with Gasteiger partial charge in [0.1, 0.15) is 5.69 Å². The largest absolute Gasteiger partial charge is 0.389 e. The molecule has 0 saturated heterocycles. The molecule has 0 spiro atoms. The summed E-state index contributed by atoms with van der Waals surface area (Å²) in [6.45, 7) is 3.52. The maximum Gasteiger partial charge on any atom is 0.178 e. The van der Waals surface area contributed by atoms with Crippen LogP contribution in [0.3, 0.4) is 0 Å². The Bertz CT molecular complexity index is 526.